The molecular weight excluding hydrogens is 244 g/mol. The van der Waals surface area contributed by atoms with E-state index in [9.17, 15) is 4.79 Å². The van der Waals surface area contributed by atoms with Crippen molar-refractivity contribution in [2.24, 2.45) is 5.73 Å². The summed E-state index contributed by atoms with van der Waals surface area (Å²) >= 11 is 0. The van der Waals surface area contributed by atoms with Gasteiger partial charge in [0.25, 0.3) is 0 Å². The summed E-state index contributed by atoms with van der Waals surface area (Å²) in [5, 5.41) is 3.07. The Hall–Kier alpha value is -1.75. The zero-order valence-corrected chi connectivity index (χ0v) is 11.5. The average molecular weight is 264 g/mol. The van der Waals surface area contributed by atoms with Crippen LogP contribution in [0.4, 0.5) is 0 Å². The standard InChI is InChI=1S/C14H20N2O3/c1-4-16-13(14(15)17)10-7-11-9(5-8(2)19-11)6-12(10)18-3/h6-8,13,16H,4-5H2,1-3H3,(H2,15,17). The van der Waals surface area contributed by atoms with Crippen molar-refractivity contribution in [3.05, 3.63) is 23.3 Å². The van der Waals surface area contributed by atoms with Crippen molar-refractivity contribution in [3.63, 3.8) is 0 Å². The van der Waals surface area contributed by atoms with E-state index in [1.807, 2.05) is 26.0 Å². The van der Waals surface area contributed by atoms with Gasteiger partial charge in [0.15, 0.2) is 0 Å². The first-order valence-corrected chi connectivity index (χ1v) is 6.47. The molecule has 2 unspecified atom stereocenters. The minimum Gasteiger partial charge on any atom is -0.496 e. The average Bonchev–Trinajstić information content (AvgIpc) is 2.73. The largest absolute Gasteiger partial charge is 0.496 e. The van der Waals surface area contributed by atoms with E-state index in [0.717, 1.165) is 23.3 Å². The Labute approximate surface area is 113 Å². The molecule has 5 nitrogen and oxygen atoms in total. The molecule has 0 fully saturated rings. The predicted octanol–water partition coefficient (Wildman–Crippen LogP) is 1.15. The van der Waals surface area contributed by atoms with Gasteiger partial charge in [-0.05, 0) is 25.6 Å². The number of carbonyl (C=O) groups excluding carboxylic acids is 1. The van der Waals surface area contributed by atoms with Gasteiger partial charge in [0, 0.05) is 17.5 Å². The zero-order valence-electron chi connectivity index (χ0n) is 11.5. The highest BCUT2D eigenvalue weighted by molar-refractivity contribution is 5.82. The molecule has 1 heterocycles. The normalized spacial score (nSPS) is 18.6. The van der Waals surface area contributed by atoms with E-state index in [0.29, 0.717) is 12.3 Å². The smallest absolute Gasteiger partial charge is 0.239 e. The van der Waals surface area contributed by atoms with Gasteiger partial charge in [0.05, 0.1) is 7.11 Å². The van der Waals surface area contributed by atoms with Gasteiger partial charge in [-0.2, -0.15) is 0 Å². The molecule has 0 saturated carbocycles. The number of rotatable bonds is 5. The summed E-state index contributed by atoms with van der Waals surface area (Å²) < 4.78 is 11.1. The molecular formula is C14H20N2O3. The van der Waals surface area contributed by atoms with Crippen LogP contribution in [0, 0.1) is 0 Å². The third-order valence-electron chi connectivity index (χ3n) is 3.25. The molecule has 1 aromatic rings. The predicted molar refractivity (Wildman–Crippen MR) is 72.4 cm³/mol. The van der Waals surface area contributed by atoms with Gasteiger partial charge < -0.3 is 20.5 Å². The Bertz CT molecular complexity index is 488. The number of benzene rings is 1. The summed E-state index contributed by atoms with van der Waals surface area (Å²) in [6.07, 6.45) is 1.01. The Morgan fingerprint density at radius 1 is 1.63 bits per heavy atom. The number of likely N-dealkylation sites (N-methyl/N-ethyl adjacent to an activating group) is 1. The Morgan fingerprint density at radius 2 is 2.37 bits per heavy atom. The molecule has 19 heavy (non-hydrogen) atoms. The number of amides is 1. The topological polar surface area (TPSA) is 73.6 Å². The highest BCUT2D eigenvalue weighted by Crippen LogP contribution is 2.37. The lowest BCUT2D eigenvalue weighted by atomic mass is 10.0. The van der Waals surface area contributed by atoms with E-state index in [2.05, 4.69) is 5.32 Å². The van der Waals surface area contributed by atoms with Crippen LogP contribution in [0.1, 0.15) is 31.0 Å². The quantitative estimate of drug-likeness (QED) is 0.837. The maximum atomic E-state index is 11.6. The molecule has 1 aliphatic heterocycles. The van der Waals surface area contributed by atoms with Crippen molar-refractivity contribution in [3.8, 4) is 11.5 Å². The summed E-state index contributed by atoms with van der Waals surface area (Å²) in [7, 11) is 1.59. The lowest BCUT2D eigenvalue weighted by molar-refractivity contribution is -0.120. The van der Waals surface area contributed by atoms with Gasteiger partial charge in [-0.1, -0.05) is 6.92 Å². The highest BCUT2D eigenvalue weighted by atomic mass is 16.5. The number of nitrogens with one attached hydrogen (secondary N) is 1. The van der Waals surface area contributed by atoms with Gasteiger partial charge in [-0.15, -0.1) is 0 Å². The van der Waals surface area contributed by atoms with Crippen molar-refractivity contribution in [2.45, 2.75) is 32.4 Å². The molecule has 0 aliphatic carbocycles. The molecule has 1 amide bonds. The molecule has 5 heteroatoms. The molecule has 0 aromatic heterocycles. The van der Waals surface area contributed by atoms with Crippen LogP contribution in [0.3, 0.4) is 0 Å². The molecule has 0 saturated heterocycles. The number of ether oxygens (including phenoxy) is 2. The van der Waals surface area contributed by atoms with Crippen LogP contribution in [0.5, 0.6) is 11.5 Å². The van der Waals surface area contributed by atoms with Crippen molar-refractivity contribution in [1.29, 1.82) is 0 Å². The molecule has 0 spiro atoms. The second-order valence-electron chi connectivity index (χ2n) is 4.73. The van der Waals surface area contributed by atoms with Gasteiger partial charge in [0.1, 0.15) is 23.6 Å². The minimum absolute atomic E-state index is 0.154. The van der Waals surface area contributed by atoms with E-state index in [4.69, 9.17) is 15.2 Å². The molecule has 1 aliphatic rings. The minimum atomic E-state index is -0.565. The van der Waals surface area contributed by atoms with Crippen molar-refractivity contribution < 1.29 is 14.3 Å². The first kappa shape index (κ1) is 13.7. The summed E-state index contributed by atoms with van der Waals surface area (Å²) in [4.78, 5) is 11.6. The summed E-state index contributed by atoms with van der Waals surface area (Å²) in [6, 6.07) is 3.22. The maximum Gasteiger partial charge on any atom is 0.239 e. The van der Waals surface area contributed by atoms with E-state index in [1.165, 1.54) is 0 Å². The SMILES string of the molecule is CCNC(C(N)=O)c1cc2c(cc1OC)CC(C)O2. The van der Waals surface area contributed by atoms with Crippen LogP contribution in [0.25, 0.3) is 0 Å². The first-order chi connectivity index (χ1) is 9.06. The Morgan fingerprint density at radius 3 is 2.95 bits per heavy atom. The second kappa shape index (κ2) is 5.48. The molecule has 2 atom stereocenters. The third kappa shape index (κ3) is 2.66. The number of methoxy groups -OCH3 is 1. The zero-order chi connectivity index (χ0) is 14.0. The van der Waals surface area contributed by atoms with E-state index in [-0.39, 0.29) is 6.10 Å². The Kier molecular flexibility index (Phi) is 3.95. The van der Waals surface area contributed by atoms with Crippen LogP contribution in [0.2, 0.25) is 0 Å². The summed E-state index contributed by atoms with van der Waals surface area (Å²) in [5.74, 6) is 1.06. The van der Waals surface area contributed by atoms with Crippen LogP contribution in [-0.4, -0.2) is 25.7 Å². The summed E-state index contributed by atoms with van der Waals surface area (Å²) in [6.45, 7) is 4.58. The lowest BCUT2D eigenvalue weighted by Gasteiger charge is -2.18. The third-order valence-corrected chi connectivity index (χ3v) is 3.25. The Balaban J connectivity index is 2.44. The maximum absolute atomic E-state index is 11.6. The number of primary amides is 1. The number of hydrogen-bond acceptors (Lipinski definition) is 4. The van der Waals surface area contributed by atoms with E-state index >= 15 is 0 Å². The molecule has 0 radical (unpaired) electrons. The van der Waals surface area contributed by atoms with Gasteiger partial charge in [-0.25, -0.2) is 0 Å². The fourth-order valence-electron chi connectivity index (χ4n) is 2.43. The van der Waals surface area contributed by atoms with Crippen LogP contribution in [0.15, 0.2) is 12.1 Å². The number of carbonyl (C=O) groups is 1. The molecule has 2 rings (SSSR count). The number of hydrogen-bond donors (Lipinski definition) is 2. The first-order valence-electron chi connectivity index (χ1n) is 6.47. The monoisotopic (exact) mass is 264 g/mol. The van der Waals surface area contributed by atoms with Crippen LogP contribution >= 0.6 is 0 Å². The van der Waals surface area contributed by atoms with Crippen LogP contribution < -0.4 is 20.5 Å². The fraction of sp³-hybridized carbons (Fsp3) is 0.500. The number of fused-ring (bicyclic) bond motifs is 1. The number of nitrogens with two attached hydrogens (primary N) is 1. The van der Waals surface area contributed by atoms with E-state index < -0.39 is 11.9 Å². The van der Waals surface area contributed by atoms with Crippen LogP contribution in [-0.2, 0) is 11.2 Å². The molecule has 1 aromatic carbocycles. The van der Waals surface area contributed by atoms with Crippen molar-refractivity contribution in [1.82, 2.24) is 5.32 Å². The van der Waals surface area contributed by atoms with E-state index in [1.54, 1.807) is 7.11 Å². The molecule has 0 bridgehead atoms. The van der Waals surface area contributed by atoms with Gasteiger partial charge in [0.2, 0.25) is 5.91 Å². The fourth-order valence-corrected chi connectivity index (χ4v) is 2.43. The lowest BCUT2D eigenvalue weighted by Crippen LogP contribution is -2.33. The molecule has 104 valence electrons. The van der Waals surface area contributed by atoms with Crippen molar-refractivity contribution in [2.75, 3.05) is 13.7 Å². The highest BCUT2D eigenvalue weighted by Gasteiger charge is 2.26. The molecule has 3 N–H and O–H groups in total. The van der Waals surface area contributed by atoms with Gasteiger partial charge in [-0.3, -0.25) is 4.79 Å². The second-order valence-corrected chi connectivity index (χ2v) is 4.73. The van der Waals surface area contributed by atoms with Crippen molar-refractivity contribution >= 4 is 5.91 Å². The summed E-state index contributed by atoms with van der Waals surface area (Å²) in [5.41, 5.74) is 7.28. The van der Waals surface area contributed by atoms with Gasteiger partial charge >= 0.3 is 0 Å².